The molecule has 2 rings (SSSR count). The number of carbonyl (C=O) groups excluding carboxylic acids is 1. The predicted octanol–water partition coefficient (Wildman–Crippen LogP) is 1.61. The molecule has 0 aromatic heterocycles. The van der Waals surface area contributed by atoms with E-state index in [2.05, 4.69) is 10.3 Å². The van der Waals surface area contributed by atoms with Crippen molar-refractivity contribution in [1.29, 1.82) is 0 Å². The first-order valence-electron chi connectivity index (χ1n) is 9.16. The van der Waals surface area contributed by atoms with Gasteiger partial charge in [-0.3, -0.25) is 19.9 Å². The van der Waals surface area contributed by atoms with Gasteiger partial charge in [-0.05, 0) is 31.6 Å². The highest BCUT2D eigenvalue weighted by molar-refractivity contribution is 6.00. The standard InChI is InChI=1S/C17H25F3N4O5/c1-22-13-12(24(26)27)9-16(14(21)25,15(23-13)29-8-7-28-2)10-3-5-11(6-4-10)17(18,19)20/h9-11,15H,3-8H2,1-2H3,(H2,21,25)(H,22,23). The molecule has 0 aromatic carbocycles. The molecule has 0 saturated heterocycles. The van der Waals surface area contributed by atoms with Crippen molar-refractivity contribution in [2.24, 2.45) is 28.0 Å². The Morgan fingerprint density at radius 2 is 2.00 bits per heavy atom. The molecule has 0 bridgehead atoms. The number of amidine groups is 1. The van der Waals surface area contributed by atoms with Crippen LogP contribution in [0.5, 0.6) is 0 Å². The van der Waals surface area contributed by atoms with Gasteiger partial charge < -0.3 is 20.5 Å². The van der Waals surface area contributed by atoms with E-state index in [9.17, 15) is 28.1 Å². The summed E-state index contributed by atoms with van der Waals surface area (Å²) < 4.78 is 49.8. The lowest BCUT2D eigenvalue weighted by atomic mass is 9.63. The minimum Gasteiger partial charge on any atom is -0.382 e. The molecule has 3 N–H and O–H groups in total. The van der Waals surface area contributed by atoms with Crippen LogP contribution in [0.3, 0.4) is 0 Å². The number of nitrogens with two attached hydrogens (primary N) is 1. The number of primary amides is 1. The maximum Gasteiger partial charge on any atom is 0.391 e. The summed E-state index contributed by atoms with van der Waals surface area (Å²) in [6.45, 7) is 0.220. The van der Waals surface area contributed by atoms with Crippen molar-refractivity contribution in [2.75, 3.05) is 27.4 Å². The Hall–Kier alpha value is -2.21. The highest BCUT2D eigenvalue weighted by atomic mass is 19.4. The van der Waals surface area contributed by atoms with Crippen molar-refractivity contribution >= 4 is 11.7 Å². The lowest BCUT2D eigenvalue weighted by Crippen LogP contribution is -2.62. The van der Waals surface area contributed by atoms with Gasteiger partial charge in [0, 0.05) is 20.2 Å². The first kappa shape index (κ1) is 23.1. The number of amides is 1. The van der Waals surface area contributed by atoms with E-state index >= 15 is 0 Å². The van der Waals surface area contributed by atoms with Gasteiger partial charge >= 0.3 is 11.9 Å². The van der Waals surface area contributed by atoms with Crippen LogP contribution in [-0.4, -0.2) is 56.4 Å². The molecule has 0 radical (unpaired) electrons. The van der Waals surface area contributed by atoms with Gasteiger partial charge in [0.1, 0.15) is 11.6 Å². The fourth-order valence-corrected chi connectivity index (χ4v) is 4.07. The van der Waals surface area contributed by atoms with Gasteiger partial charge in [-0.15, -0.1) is 0 Å². The summed E-state index contributed by atoms with van der Waals surface area (Å²) in [5, 5.41) is 14.3. The normalized spacial score (nSPS) is 31.8. The largest absolute Gasteiger partial charge is 0.391 e. The van der Waals surface area contributed by atoms with Crippen LogP contribution in [0.2, 0.25) is 0 Å². The fourth-order valence-electron chi connectivity index (χ4n) is 4.07. The van der Waals surface area contributed by atoms with Gasteiger partial charge in [0.2, 0.25) is 11.7 Å². The average molecular weight is 422 g/mol. The summed E-state index contributed by atoms with van der Waals surface area (Å²) in [6, 6.07) is 0. The van der Waals surface area contributed by atoms with Gasteiger partial charge in [-0.1, -0.05) is 0 Å². The molecule has 2 unspecified atom stereocenters. The van der Waals surface area contributed by atoms with Crippen LogP contribution in [0.4, 0.5) is 13.2 Å². The quantitative estimate of drug-likeness (QED) is 0.364. The zero-order valence-electron chi connectivity index (χ0n) is 16.2. The smallest absolute Gasteiger partial charge is 0.382 e. The maximum atomic E-state index is 13.1. The van der Waals surface area contributed by atoms with Crippen molar-refractivity contribution in [3.63, 3.8) is 0 Å². The SMILES string of the molecule is CN=C1NC(OCCOC)C(C(N)=O)(C2CCC(C(F)(F)F)CC2)C=C1[N+](=O)[O-]. The minimum absolute atomic E-state index is 0.0268. The maximum absolute atomic E-state index is 13.1. The van der Waals surface area contributed by atoms with Crippen molar-refractivity contribution in [1.82, 2.24) is 5.32 Å². The average Bonchev–Trinajstić information content (AvgIpc) is 2.66. The number of hydrogen-bond acceptors (Lipinski definition) is 6. The monoisotopic (exact) mass is 422 g/mol. The van der Waals surface area contributed by atoms with Crippen molar-refractivity contribution in [2.45, 2.75) is 38.1 Å². The van der Waals surface area contributed by atoms with Crippen LogP contribution >= 0.6 is 0 Å². The van der Waals surface area contributed by atoms with Crippen LogP contribution in [0.15, 0.2) is 16.8 Å². The van der Waals surface area contributed by atoms with Crippen LogP contribution in [0, 0.1) is 27.4 Å². The number of ether oxygens (including phenoxy) is 2. The molecule has 2 atom stereocenters. The molecular weight excluding hydrogens is 397 g/mol. The number of carbonyl (C=O) groups is 1. The van der Waals surface area contributed by atoms with Crippen molar-refractivity contribution in [3.05, 3.63) is 21.9 Å². The first-order chi connectivity index (χ1) is 13.6. The Balaban J connectivity index is 2.45. The second kappa shape index (κ2) is 9.08. The third-order valence-electron chi connectivity index (χ3n) is 5.60. The lowest BCUT2D eigenvalue weighted by molar-refractivity contribution is -0.417. The van der Waals surface area contributed by atoms with E-state index in [1.54, 1.807) is 0 Å². The number of methoxy groups -OCH3 is 1. The van der Waals surface area contributed by atoms with Crippen LogP contribution in [-0.2, 0) is 14.3 Å². The number of nitrogens with one attached hydrogen (secondary N) is 1. The van der Waals surface area contributed by atoms with Crippen LogP contribution < -0.4 is 11.1 Å². The highest BCUT2D eigenvalue weighted by Crippen LogP contribution is 2.49. The molecule has 9 nitrogen and oxygen atoms in total. The van der Waals surface area contributed by atoms with Gasteiger partial charge in [-0.25, -0.2) is 0 Å². The van der Waals surface area contributed by atoms with Crippen molar-refractivity contribution in [3.8, 4) is 0 Å². The molecule has 12 heteroatoms. The lowest BCUT2D eigenvalue weighted by Gasteiger charge is -2.46. The number of aliphatic imine (C=N–C) groups is 1. The Labute approximate surface area is 165 Å². The minimum atomic E-state index is -4.33. The van der Waals surface area contributed by atoms with Crippen molar-refractivity contribution < 1.29 is 32.4 Å². The highest BCUT2D eigenvalue weighted by Gasteiger charge is 2.57. The molecule has 2 aliphatic rings. The Morgan fingerprint density at radius 1 is 1.38 bits per heavy atom. The molecule has 164 valence electrons. The number of alkyl halides is 3. The second-order valence-corrected chi connectivity index (χ2v) is 7.13. The van der Waals surface area contributed by atoms with E-state index in [1.807, 2.05) is 0 Å². The van der Waals surface area contributed by atoms with Gasteiger partial charge in [0.05, 0.1) is 24.1 Å². The zero-order chi connectivity index (χ0) is 21.8. The molecule has 0 spiro atoms. The number of nitro groups is 1. The summed E-state index contributed by atoms with van der Waals surface area (Å²) in [7, 11) is 2.78. The molecule has 1 amide bonds. The van der Waals surface area contributed by atoms with E-state index in [-0.39, 0.29) is 44.7 Å². The summed E-state index contributed by atoms with van der Waals surface area (Å²) in [5.41, 5.74) is 3.52. The Kier molecular flexibility index (Phi) is 7.22. The van der Waals surface area contributed by atoms with E-state index in [1.165, 1.54) is 14.2 Å². The molecule has 29 heavy (non-hydrogen) atoms. The molecule has 0 aromatic rings. The molecule has 1 heterocycles. The zero-order valence-corrected chi connectivity index (χ0v) is 16.2. The van der Waals surface area contributed by atoms with E-state index in [0.717, 1.165) is 6.08 Å². The number of nitrogens with zero attached hydrogens (tertiary/aromatic N) is 2. The van der Waals surface area contributed by atoms with E-state index in [0.29, 0.717) is 0 Å². The summed E-state index contributed by atoms with van der Waals surface area (Å²) in [5.74, 6) is -3.14. The predicted molar refractivity (Wildman–Crippen MR) is 96.3 cm³/mol. The molecule has 1 saturated carbocycles. The van der Waals surface area contributed by atoms with Gasteiger partial charge in [0.25, 0.3) is 0 Å². The third-order valence-corrected chi connectivity index (χ3v) is 5.60. The van der Waals surface area contributed by atoms with Crippen LogP contribution in [0.1, 0.15) is 25.7 Å². The summed E-state index contributed by atoms with van der Waals surface area (Å²) >= 11 is 0. The Bertz CT molecular complexity index is 689. The number of rotatable bonds is 7. The Morgan fingerprint density at radius 3 is 2.45 bits per heavy atom. The second-order valence-electron chi connectivity index (χ2n) is 7.13. The summed E-state index contributed by atoms with van der Waals surface area (Å²) in [4.78, 5) is 27.2. The topological polar surface area (TPSA) is 129 Å². The number of hydrogen-bond donors (Lipinski definition) is 2. The summed E-state index contributed by atoms with van der Waals surface area (Å²) in [6.07, 6.45) is -4.67. The molecule has 1 fully saturated rings. The fraction of sp³-hybridized carbons (Fsp3) is 0.765. The number of halogens is 3. The first-order valence-corrected chi connectivity index (χ1v) is 9.16. The third kappa shape index (κ3) is 4.69. The van der Waals surface area contributed by atoms with Gasteiger partial charge in [0.15, 0.2) is 0 Å². The van der Waals surface area contributed by atoms with E-state index in [4.69, 9.17) is 15.2 Å². The molecular formula is C17H25F3N4O5. The van der Waals surface area contributed by atoms with E-state index < -0.39 is 46.2 Å². The van der Waals surface area contributed by atoms with Crippen LogP contribution in [0.25, 0.3) is 0 Å². The molecule has 1 aliphatic heterocycles. The van der Waals surface area contributed by atoms with Gasteiger partial charge in [-0.2, -0.15) is 13.2 Å². The molecule has 1 aliphatic carbocycles.